The molecular formula is C20H16F3N5O2. The first-order valence-corrected chi connectivity index (χ1v) is 8.89. The van der Waals surface area contributed by atoms with E-state index < -0.39 is 11.7 Å². The number of alkyl halides is 3. The van der Waals surface area contributed by atoms with Crippen LogP contribution in [0.5, 0.6) is 5.75 Å². The third-order valence-electron chi connectivity index (χ3n) is 4.43. The lowest BCUT2D eigenvalue weighted by atomic mass is 10.2. The van der Waals surface area contributed by atoms with Crippen molar-refractivity contribution < 1.29 is 22.4 Å². The maximum atomic E-state index is 12.7. The van der Waals surface area contributed by atoms with E-state index in [0.29, 0.717) is 22.8 Å². The number of ether oxygens (including phenoxy) is 1. The Kier molecular flexibility index (Phi) is 4.98. The highest BCUT2D eigenvalue weighted by Gasteiger charge is 2.30. The summed E-state index contributed by atoms with van der Waals surface area (Å²) in [5.74, 6) is 0.973. The molecule has 0 aliphatic rings. The molecule has 0 fully saturated rings. The summed E-state index contributed by atoms with van der Waals surface area (Å²) in [7, 11) is 1.72. The van der Waals surface area contributed by atoms with E-state index in [1.54, 1.807) is 30.2 Å². The molecule has 4 aromatic rings. The summed E-state index contributed by atoms with van der Waals surface area (Å²) < 4.78 is 50.7. The van der Waals surface area contributed by atoms with Crippen LogP contribution in [0.4, 0.5) is 13.2 Å². The molecule has 0 bridgehead atoms. The largest absolute Gasteiger partial charge is 0.487 e. The van der Waals surface area contributed by atoms with Crippen LogP contribution < -0.4 is 4.74 Å². The zero-order valence-corrected chi connectivity index (χ0v) is 16.0. The van der Waals surface area contributed by atoms with Gasteiger partial charge in [0.15, 0.2) is 0 Å². The maximum absolute atomic E-state index is 12.7. The fourth-order valence-corrected chi connectivity index (χ4v) is 2.84. The Hall–Kier alpha value is -3.69. The van der Waals surface area contributed by atoms with Gasteiger partial charge in [0.05, 0.1) is 23.0 Å². The second kappa shape index (κ2) is 7.62. The first-order valence-electron chi connectivity index (χ1n) is 8.89. The molecule has 4 rings (SSSR count). The average molecular weight is 415 g/mol. The number of hydrogen-bond donors (Lipinski definition) is 0. The van der Waals surface area contributed by atoms with Gasteiger partial charge in [0.25, 0.3) is 5.89 Å². The van der Waals surface area contributed by atoms with Gasteiger partial charge < -0.3 is 9.26 Å². The van der Waals surface area contributed by atoms with Gasteiger partial charge in [-0.2, -0.15) is 23.3 Å². The summed E-state index contributed by atoms with van der Waals surface area (Å²) in [5, 5.41) is 8.20. The molecule has 1 aromatic carbocycles. The van der Waals surface area contributed by atoms with Crippen LogP contribution in [0.3, 0.4) is 0 Å². The molecule has 3 heterocycles. The van der Waals surface area contributed by atoms with Crippen molar-refractivity contribution in [2.24, 2.45) is 7.05 Å². The molecule has 0 radical (unpaired) electrons. The highest BCUT2D eigenvalue weighted by molar-refractivity contribution is 5.60. The third kappa shape index (κ3) is 4.02. The highest BCUT2D eigenvalue weighted by atomic mass is 19.4. The lowest BCUT2D eigenvalue weighted by Gasteiger charge is -2.10. The van der Waals surface area contributed by atoms with Crippen molar-refractivity contribution in [3.8, 4) is 28.6 Å². The van der Waals surface area contributed by atoms with Crippen molar-refractivity contribution >= 4 is 0 Å². The Morgan fingerprint density at radius 3 is 2.60 bits per heavy atom. The minimum absolute atomic E-state index is 0.0588. The van der Waals surface area contributed by atoms with Gasteiger partial charge in [-0.3, -0.25) is 9.67 Å². The highest BCUT2D eigenvalue weighted by Crippen LogP contribution is 2.31. The van der Waals surface area contributed by atoms with Crippen molar-refractivity contribution in [2.75, 3.05) is 0 Å². The maximum Gasteiger partial charge on any atom is 0.416 e. The van der Waals surface area contributed by atoms with E-state index >= 15 is 0 Å². The number of rotatable bonds is 5. The normalized spacial score (nSPS) is 11.6. The van der Waals surface area contributed by atoms with E-state index in [0.717, 1.165) is 23.4 Å². The Morgan fingerprint density at radius 2 is 1.90 bits per heavy atom. The molecule has 0 amide bonds. The quantitative estimate of drug-likeness (QED) is 0.480. The van der Waals surface area contributed by atoms with Gasteiger partial charge in [0, 0.05) is 24.5 Å². The second-order valence-corrected chi connectivity index (χ2v) is 6.55. The Balaban J connectivity index is 1.54. The van der Waals surface area contributed by atoms with Crippen molar-refractivity contribution in [3.63, 3.8) is 0 Å². The SMILES string of the molecule is Cc1cc(-c2noc(-c3cnn(C)c3COc3ccc(C(F)(F)F)cc3)n2)ccn1. The lowest BCUT2D eigenvalue weighted by molar-refractivity contribution is -0.137. The van der Waals surface area contributed by atoms with E-state index in [2.05, 4.69) is 20.2 Å². The molecule has 0 saturated heterocycles. The van der Waals surface area contributed by atoms with Crippen LogP contribution in [0, 0.1) is 6.92 Å². The van der Waals surface area contributed by atoms with Crippen molar-refractivity contribution in [2.45, 2.75) is 19.7 Å². The van der Waals surface area contributed by atoms with E-state index in [4.69, 9.17) is 9.26 Å². The van der Waals surface area contributed by atoms with Crippen molar-refractivity contribution in [1.29, 1.82) is 0 Å². The minimum Gasteiger partial charge on any atom is -0.487 e. The zero-order chi connectivity index (χ0) is 21.3. The first-order chi connectivity index (χ1) is 14.3. The number of aryl methyl sites for hydroxylation is 2. The van der Waals surface area contributed by atoms with Gasteiger partial charge in [-0.1, -0.05) is 5.16 Å². The molecule has 0 spiro atoms. The minimum atomic E-state index is -4.39. The van der Waals surface area contributed by atoms with Crippen LogP contribution in [0.1, 0.15) is 17.0 Å². The summed E-state index contributed by atoms with van der Waals surface area (Å²) in [4.78, 5) is 8.56. The van der Waals surface area contributed by atoms with E-state index in [9.17, 15) is 13.2 Å². The molecule has 0 aliphatic heterocycles. The summed E-state index contributed by atoms with van der Waals surface area (Å²) in [5.41, 5.74) is 2.07. The molecule has 10 heteroatoms. The lowest BCUT2D eigenvalue weighted by Crippen LogP contribution is -2.06. The zero-order valence-electron chi connectivity index (χ0n) is 16.0. The first kappa shape index (κ1) is 19.6. The number of benzene rings is 1. The molecule has 0 atom stereocenters. The van der Waals surface area contributed by atoms with Gasteiger partial charge in [-0.15, -0.1) is 0 Å². The molecule has 30 heavy (non-hydrogen) atoms. The fraction of sp³-hybridized carbons (Fsp3) is 0.200. The summed E-state index contributed by atoms with van der Waals surface area (Å²) >= 11 is 0. The fourth-order valence-electron chi connectivity index (χ4n) is 2.84. The van der Waals surface area contributed by atoms with Gasteiger partial charge in [0.2, 0.25) is 5.82 Å². The van der Waals surface area contributed by atoms with Gasteiger partial charge in [-0.25, -0.2) is 0 Å². The molecule has 7 nitrogen and oxygen atoms in total. The van der Waals surface area contributed by atoms with Crippen LogP contribution >= 0.6 is 0 Å². The Bertz CT molecular complexity index is 1170. The summed E-state index contributed by atoms with van der Waals surface area (Å²) in [6.07, 6.45) is -1.16. The molecular weight excluding hydrogens is 399 g/mol. The molecule has 154 valence electrons. The smallest absolute Gasteiger partial charge is 0.416 e. The van der Waals surface area contributed by atoms with Crippen LogP contribution in [-0.2, 0) is 19.8 Å². The second-order valence-electron chi connectivity index (χ2n) is 6.55. The number of pyridine rings is 1. The summed E-state index contributed by atoms with van der Waals surface area (Å²) in [6, 6.07) is 8.11. The van der Waals surface area contributed by atoms with E-state index in [1.807, 2.05) is 13.0 Å². The Morgan fingerprint density at radius 1 is 1.13 bits per heavy atom. The molecule has 0 unspecified atom stereocenters. The van der Waals surface area contributed by atoms with Crippen LogP contribution in [0.25, 0.3) is 22.8 Å². The molecule has 0 saturated carbocycles. The standard InChI is InChI=1S/C20H16F3N5O2/c1-12-9-13(7-8-24-12)18-26-19(30-27-18)16-10-25-28(2)17(16)11-29-15-5-3-14(4-6-15)20(21,22)23/h3-10H,11H2,1-2H3. The van der Waals surface area contributed by atoms with Gasteiger partial charge in [-0.05, 0) is 43.3 Å². The van der Waals surface area contributed by atoms with Crippen molar-refractivity contribution in [3.05, 3.63) is 65.7 Å². The van der Waals surface area contributed by atoms with Gasteiger partial charge >= 0.3 is 6.18 Å². The third-order valence-corrected chi connectivity index (χ3v) is 4.43. The van der Waals surface area contributed by atoms with E-state index in [1.165, 1.54) is 12.1 Å². The number of hydrogen-bond acceptors (Lipinski definition) is 6. The summed E-state index contributed by atoms with van der Waals surface area (Å²) in [6.45, 7) is 1.92. The molecule has 3 aromatic heterocycles. The number of aromatic nitrogens is 5. The van der Waals surface area contributed by atoms with E-state index in [-0.39, 0.29) is 12.5 Å². The van der Waals surface area contributed by atoms with Crippen LogP contribution in [-0.4, -0.2) is 24.9 Å². The van der Waals surface area contributed by atoms with Crippen LogP contribution in [0.15, 0.2) is 53.3 Å². The number of halogens is 3. The predicted molar refractivity (Wildman–Crippen MR) is 100 cm³/mol. The monoisotopic (exact) mass is 415 g/mol. The average Bonchev–Trinajstić information content (AvgIpc) is 3.33. The molecule has 0 aliphatic carbocycles. The predicted octanol–water partition coefficient (Wildman–Crippen LogP) is 4.44. The van der Waals surface area contributed by atoms with Crippen LogP contribution in [0.2, 0.25) is 0 Å². The number of nitrogens with zero attached hydrogens (tertiary/aromatic N) is 5. The Labute approximate surface area is 169 Å². The van der Waals surface area contributed by atoms with Gasteiger partial charge in [0.1, 0.15) is 12.4 Å². The molecule has 0 N–H and O–H groups in total. The van der Waals surface area contributed by atoms with Crippen molar-refractivity contribution in [1.82, 2.24) is 24.9 Å². The topological polar surface area (TPSA) is 78.9 Å².